The average molecular weight is 283 g/mol. The third kappa shape index (κ3) is 5.81. The van der Waals surface area contributed by atoms with Gasteiger partial charge >= 0.3 is 5.97 Å². The summed E-state index contributed by atoms with van der Waals surface area (Å²) in [6.07, 6.45) is 3.22. The van der Waals surface area contributed by atoms with E-state index in [1.807, 2.05) is 6.92 Å². The minimum absolute atomic E-state index is 0.148. The van der Waals surface area contributed by atoms with Crippen LogP contribution in [0, 0.1) is 5.92 Å². The summed E-state index contributed by atoms with van der Waals surface area (Å²) >= 11 is 0. The molecule has 20 heavy (non-hydrogen) atoms. The molecule has 0 radical (unpaired) electrons. The van der Waals surface area contributed by atoms with E-state index in [-0.39, 0.29) is 12.5 Å². The number of hydrogen-bond donors (Lipinski definition) is 2. The van der Waals surface area contributed by atoms with Crippen LogP contribution in [0.3, 0.4) is 0 Å². The van der Waals surface area contributed by atoms with Crippen LogP contribution in [0.4, 0.5) is 0 Å². The monoisotopic (exact) mass is 283 g/mol. The highest BCUT2D eigenvalue weighted by molar-refractivity contribution is 5.77. The van der Waals surface area contributed by atoms with E-state index in [9.17, 15) is 9.59 Å². The molecule has 0 aliphatic rings. The topological polar surface area (TPSA) is 105 Å². The second kappa shape index (κ2) is 8.29. The van der Waals surface area contributed by atoms with Gasteiger partial charge in [-0.05, 0) is 12.8 Å². The van der Waals surface area contributed by atoms with Gasteiger partial charge in [0.05, 0.1) is 5.92 Å². The van der Waals surface area contributed by atoms with Crippen LogP contribution >= 0.6 is 0 Å². The first-order chi connectivity index (χ1) is 9.52. The van der Waals surface area contributed by atoms with Crippen molar-refractivity contribution in [2.75, 3.05) is 6.54 Å². The van der Waals surface area contributed by atoms with Gasteiger partial charge in [0.15, 0.2) is 5.82 Å². The highest BCUT2D eigenvalue weighted by atomic mass is 16.5. The minimum Gasteiger partial charge on any atom is -0.481 e. The highest BCUT2D eigenvalue weighted by Crippen LogP contribution is 2.04. The predicted molar refractivity (Wildman–Crippen MR) is 71.0 cm³/mol. The number of aromatic nitrogens is 2. The maximum absolute atomic E-state index is 11.5. The van der Waals surface area contributed by atoms with E-state index in [0.29, 0.717) is 31.0 Å². The molecule has 7 nitrogen and oxygen atoms in total. The van der Waals surface area contributed by atoms with Crippen LogP contribution in [0.5, 0.6) is 0 Å². The Morgan fingerprint density at radius 3 is 2.80 bits per heavy atom. The maximum Gasteiger partial charge on any atom is 0.308 e. The second-order valence-corrected chi connectivity index (χ2v) is 4.75. The van der Waals surface area contributed by atoms with E-state index in [4.69, 9.17) is 9.63 Å². The lowest BCUT2D eigenvalue weighted by molar-refractivity contribution is -0.141. The van der Waals surface area contributed by atoms with Gasteiger partial charge in [-0.25, -0.2) is 0 Å². The molecule has 1 heterocycles. The molecular weight excluding hydrogens is 262 g/mol. The fourth-order valence-electron chi connectivity index (χ4n) is 1.56. The van der Waals surface area contributed by atoms with Gasteiger partial charge in [0.1, 0.15) is 0 Å². The number of amides is 1. The molecule has 0 aromatic carbocycles. The fraction of sp³-hybridized carbons (Fsp3) is 0.692. The van der Waals surface area contributed by atoms with Crippen LogP contribution in [-0.4, -0.2) is 33.7 Å². The summed E-state index contributed by atoms with van der Waals surface area (Å²) < 4.78 is 5.06. The van der Waals surface area contributed by atoms with Crippen molar-refractivity contribution in [2.24, 2.45) is 5.92 Å². The molecule has 0 bridgehead atoms. The highest BCUT2D eigenvalue weighted by Gasteiger charge is 2.12. The van der Waals surface area contributed by atoms with E-state index in [1.165, 1.54) is 0 Å². The summed E-state index contributed by atoms with van der Waals surface area (Å²) in [6, 6.07) is 0. The van der Waals surface area contributed by atoms with E-state index < -0.39 is 11.9 Å². The molecule has 1 atom stereocenters. The Kier molecular flexibility index (Phi) is 6.69. The van der Waals surface area contributed by atoms with Gasteiger partial charge in [0, 0.05) is 25.8 Å². The van der Waals surface area contributed by atoms with Crippen LogP contribution in [0.15, 0.2) is 4.52 Å². The standard InChI is InChI=1S/C13H21N3O4/c1-3-5-10-15-12(20-16-10)7-4-6-11(17)14-8-9(2)13(18)19/h9H,3-8H2,1-2H3,(H,14,17)(H,18,19). The third-order valence-corrected chi connectivity index (χ3v) is 2.81. The molecule has 7 heteroatoms. The normalized spacial score (nSPS) is 12.1. The summed E-state index contributed by atoms with van der Waals surface area (Å²) in [5, 5.41) is 15.1. The maximum atomic E-state index is 11.5. The van der Waals surface area contributed by atoms with Crippen molar-refractivity contribution in [1.82, 2.24) is 15.5 Å². The molecule has 0 spiro atoms. The Bertz CT molecular complexity index is 445. The van der Waals surface area contributed by atoms with Crippen molar-refractivity contribution >= 4 is 11.9 Å². The molecule has 1 aromatic rings. The Morgan fingerprint density at radius 1 is 1.40 bits per heavy atom. The van der Waals surface area contributed by atoms with Crippen LogP contribution in [0.25, 0.3) is 0 Å². The molecule has 0 aliphatic heterocycles. The molecule has 0 saturated heterocycles. The van der Waals surface area contributed by atoms with Crippen molar-refractivity contribution in [1.29, 1.82) is 0 Å². The van der Waals surface area contributed by atoms with Gasteiger partial charge < -0.3 is 14.9 Å². The number of aryl methyl sites for hydroxylation is 2. The summed E-state index contributed by atoms with van der Waals surface area (Å²) in [6.45, 7) is 3.74. The lowest BCUT2D eigenvalue weighted by atomic mass is 10.2. The summed E-state index contributed by atoms with van der Waals surface area (Å²) in [5.41, 5.74) is 0. The second-order valence-electron chi connectivity index (χ2n) is 4.75. The number of carboxylic acids is 1. The van der Waals surface area contributed by atoms with Crippen molar-refractivity contribution in [3.8, 4) is 0 Å². The molecule has 0 fully saturated rings. The van der Waals surface area contributed by atoms with Crippen LogP contribution in [-0.2, 0) is 22.4 Å². The van der Waals surface area contributed by atoms with Gasteiger partial charge in [-0.3, -0.25) is 9.59 Å². The average Bonchev–Trinajstić information content (AvgIpc) is 2.84. The third-order valence-electron chi connectivity index (χ3n) is 2.81. The molecule has 112 valence electrons. The van der Waals surface area contributed by atoms with Crippen LogP contribution < -0.4 is 5.32 Å². The van der Waals surface area contributed by atoms with Crippen molar-refractivity contribution in [3.63, 3.8) is 0 Å². The first-order valence-corrected chi connectivity index (χ1v) is 6.83. The minimum atomic E-state index is -0.917. The molecule has 0 aliphatic carbocycles. The quantitative estimate of drug-likeness (QED) is 0.705. The van der Waals surface area contributed by atoms with Gasteiger partial charge in [0.2, 0.25) is 11.8 Å². The first-order valence-electron chi connectivity index (χ1n) is 6.83. The van der Waals surface area contributed by atoms with Crippen LogP contribution in [0.2, 0.25) is 0 Å². The van der Waals surface area contributed by atoms with E-state index >= 15 is 0 Å². The number of rotatable bonds is 9. The molecule has 1 amide bonds. The summed E-state index contributed by atoms with van der Waals surface area (Å²) in [7, 11) is 0. The fourth-order valence-corrected chi connectivity index (χ4v) is 1.56. The molecule has 0 saturated carbocycles. The van der Waals surface area contributed by atoms with E-state index in [2.05, 4.69) is 15.5 Å². The molecule has 2 N–H and O–H groups in total. The Hall–Kier alpha value is -1.92. The number of carbonyl (C=O) groups is 2. The number of carbonyl (C=O) groups excluding carboxylic acids is 1. The summed E-state index contributed by atoms with van der Waals surface area (Å²) in [4.78, 5) is 26.3. The van der Waals surface area contributed by atoms with Gasteiger partial charge in [-0.15, -0.1) is 0 Å². The SMILES string of the molecule is CCCc1noc(CCCC(=O)NCC(C)C(=O)O)n1. The lowest BCUT2D eigenvalue weighted by Crippen LogP contribution is -2.31. The van der Waals surface area contributed by atoms with E-state index in [1.54, 1.807) is 6.92 Å². The molecular formula is C13H21N3O4. The Balaban J connectivity index is 2.19. The summed E-state index contributed by atoms with van der Waals surface area (Å²) in [5.74, 6) is -0.417. The Morgan fingerprint density at radius 2 is 2.15 bits per heavy atom. The molecule has 1 aromatic heterocycles. The van der Waals surface area contributed by atoms with Gasteiger partial charge in [0.25, 0.3) is 0 Å². The van der Waals surface area contributed by atoms with Crippen LogP contribution in [0.1, 0.15) is 44.8 Å². The lowest BCUT2D eigenvalue weighted by Gasteiger charge is -2.07. The first kappa shape index (κ1) is 16.1. The molecule has 1 rings (SSSR count). The Labute approximate surface area is 117 Å². The zero-order chi connectivity index (χ0) is 15.0. The smallest absolute Gasteiger partial charge is 0.308 e. The number of nitrogens with one attached hydrogen (secondary N) is 1. The van der Waals surface area contributed by atoms with Gasteiger partial charge in [-0.1, -0.05) is 19.0 Å². The number of carboxylic acid groups (broad SMARTS) is 1. The van der Waals surface area contributed by atoms with Crippen molar-refractivity contribution in [3.05, 3.63) is 11.7 Å². The molecule has 1 unspecified atom stereocenters. The number of nitrogens with zero attached hydrogens (tertiary/aromatic N) is 2. The van der Waals surface area contributed by atoms with Crippen molar-refractivity contribution < 1.29 is 19.2 Å². The zero-order valence-corrected chi connectivity index (χ0v) is 11.9. The van der Waals surface area contributed by atoms with Gasteiger partial charge in [-0.2, -0.15) is 4.98 Å². The van der Waals surface area contributed by atoms with E-state index in [0.717, 1.165) is 12.8 Å². The zero-order valence-electron chi connectivity index (χ0n) is 11.9. The van der Waals surface area contributed by atoms with Crippen molar-refractivity contribution in [2.45, 2.75) is 46.0 Å². The predicted octanol–water partition coefficient (Wildman–Crippen LogP) is 1.18. The largest absolute Gasteiger partial charge is 0.481 e. The number of aliphatic carboxylic acids is 1. The number of hydrogen-bond acceptors (Lipinski definition) is 5.